The molecule has 38 heavy (non-hydrogen) atoms. The summed E-state index contributed by atoms with van der Waals surface area (Å²) in [5, 5.41) is 15.3. The first-order chi connectivity index (χ1) is 18.7. The van der Waals surface area contributed by atoms with E-state index in [1.54, 1.807) is 0 Å². The highest BCUT2D eigenvalue weighted by Crippen LogP contribution is 2.62. The number of aliphatic hydroxyl groups is 1. The van der Waals surface area contributed by atoms with Crippen LogP contribution >= 0.6 is 7.26 Å². The van der Waals surface area contributed by atoms with Gasteiger partial charge in [-0.2, -0.15) is 0 Å². The number of hydrogen-bond acceptors (Lipinski definition) is 2. The van der Waals surface area contributed by atoms with E-state index in [2.05, 4.69) is 97.9 Å². The van der Waals surface area contributed by atoms with Gasteiger partial charge < -0.3 is 9.90 Å². The molecule has 0 aliphatic rings. The molecule has 1 N–H and O–H groups in total. The third-order valence-electron chi connectivity index (χ3n) is 7.93. The number of aliphatic hydroxyl groups excluding tert-OH is 1. The molecule has 0 saturated heterocycles. The Morgan fingerprint density at radius 3 is 1.53 bits per heavy atom. The first-order valence-electron chi connectivity index (χ1n) is 13.9. The molecule has 4 rings (SSSR count). The fourth-order valence-corrected chi connectivity index (χ4v) is 11.1. The van der Waals surface area contributed by atoms with Crippen molar-refractivity contribution < 1.29 is 9.90 Å². The highest BCUT2D eigenvalue weighted by Gasteiger charge is 2.52. The zero-order valence-corrected chi connectivity index (χ0v) is 23.3. The Hall–Kier alpha value is -3.06. The van der Waals surface area contributed by atoms with Crippen molar-refractivity contribution in [3.63, 3.8) is 0 Å². The summed E-state index contributed by atoms with van der Waals surface area (Å²) in [6.45, 7) is 2.44. The number of benzene rings is 4. The molecule has 3 unspecified atom stereocenters. The molecule has 196 valence electrons. The molecular formula is C35H40O2P+. The monoisotopic (exact) mass is 523 g/mol. The number of carbonyl (C=O) groups excluding carboxylic acids is 1. The second kappa shape index (κ2) is 14.2. The first-order valence-corrected chi connectivity index (χ1v) is 15.8. The molecule has 0 amide bonds. The minimum Gasteiger partial charge on any atom is -0.388 e. The smallest absolute Gasteiger partial charge is 0.119 e. The van der Waals surface area contributed by atoms with E-state index in [0.29, 0.717) is 18.0 Å². The molecule has 0 spiro atoms. The molecule has 0 heterocycles. The van der Waals surface area contributed by atoms with E-state index in [0.717, 1.165) is 44.0 Å². The van der Waals surface area contributed by atoms with Crippen LogP contribution < -0.4 is 15.9 Å². The fraction of sp³-hybridized carbons (Fsp3) is 0.286. The number of hydrogen-bond donors (Lipinski definition) is 1. The third-order valence-corrected chi connectivity index (χ3v) is 12.9. The van der Waals surface area contributed by atoms with Gasteiger partial charge in [0.25, 0.3) is 0 Å². The van der Waals surface area contributed by atoms with E-state index in [1.807, 2.05) is 30.3 Å². The molecule has 2 nitrogen and oxygen atoms in total. The lowest BCUT2D eigenvalue weighted by Gasteiger charge is -2.37. The lowest BCUT2D eigenvalue weighted by molar-refractivity contribution is -0.107. The number of carbonyl (C=O) groups is 1. The number of aldehydes is 1. The Labute approximate surface area is 229 Å². The van der Waals surface area contributed by atoms with Gasteiger partial charge in [0, 0.05) is 6.42 Å². The Morgan fingerprint density at radius 2 is 1.08 bits per heavy atom. The highest BCUT2D eigenvalue weighted by molar-refractivity contribution is 7.96. The van der Waals surface area contributed by atoms with Gasteiger partial charge in [-0.05, 0) is 80.5 Å². The quantitative estimate of drug-likeness (QED) is 0.107. The van der Waals surface area contributed by atoms with E-state index in [-0.39, 0.29) is 0 Å². The summed E-state index contributed by atoms with van der Waals surface area (Å²) in [5.41, 5.74) is 1.34. The number of rotatable bonds is 14. The standard InChI is InChI=1S/C35H40O2P/c1-29(30(17-9-6-16-28-36)26-27-35(37)31-18-7-2-8-19-31)38(32-20-10-3-11-21-32,33-22-12-4-13-23-33)34-24-14-5-15-25-34/h2-5,7-8,10-15,18-25,28-30,35,37H,6,9,16-17,26-27H2,1H3/q+1. The fourth-order valence-electron chi connectivity index (χ4n) is 5.93. The maximum atomic E-state index is 11.1. The summed E-state index contributed by atoms with van der Waals surface area (Å²) in [6.07, 6.45) is 5.83. The second-order valence-electron chi connectivity index (χ2n) is 10.2. The average molecular weight is 524 g/mol. The van der Waals surface area contributed by atoms with E-state index in [9.17, 15) is 9.90 Å². The second-order valence-corrected chi connectivity index (χ2v) is 14.0. The Bertz CT molecular complexity index is 1120. The highest BCUT2D eigenvalue weighted by atomic mass is 31.2. The molecule has 0 aliphatic carbocycles. The van der Waals surface area contributed by atoms with Crippen LogP contribution in [-0.4, -0.2) is 17.1 Å². The van der Waals surface area contributed by atoms with Crippen LogP contribution in [0.4, 0.5) is 0 Å². The van der Waals surface area contributed by atoms with Crippen molar-refractivity contribution in [2.45, 2.75) is 57.2 Å². The average Bonchev–Trinajstić information content (AvgIpc) is 2.99. The summed E-state index contributed by atoms with van der Waals surface area (Å²) >= 11 is 0. The predicted molar refractivity (Wildman–Crippen MR) is 163 cm³/mol. The zero-order chi connectivity index (χ0) is 26.6. The van der Waals surface area contributed by atoms with Crippen LogP contribution in [0, 0.1) is 5.92 Å². The van der Waals surface area contributed by atoms with Crippen molar-refractivity contribution in [1.29, 1.82) is 0 Å². The van der Waals surface area contributed by atoms with Crippen LogP contribution in [0.15, 0.2) is 121 Å². The summed E-state index contributed by atoms with van der Waals surface area (Å²) in [6, 6.07) is 43.2. The van der Waals surface area contributed by atoms with Crippen LogP contribution in [-0.2, 0) is 4.79 Å². The maximum absolute atomic E-state index is 11.1. The SMILES string of the molecule is CC(C(CCCCC=O)CCC(O)c1ccccc1)[P+](c1ccccc1)(c1ccccc1)c1ccccc1. The Balaban J connectivity index is 1.78. The molecule has 0 saturated carbocycles. The molecule has 3 atom stereocenters. The largest absolute Gasteiger partial charge is 0.388 e. The van der Waals surface area contributed by atoms with Crippen molar-refractivity contribution in [1.82, 2.24) is 0 Å². The van der Waals surface area contributed by atoms with Gasteiger partial charge in [-0.1, -0.05) is 91.3 Å². The van der Waals surface area contributed by atoms with Crippen molar-refractivity contribution in [2.24, 2.45) is 5.92 Å². The zero-order valence-electron chi connectivity index (χ0n) is 22.4. The Kier molecular flexibility index (Phi) is 10.4. The van der Waals surface area contributed by atoms with E-state index < -0.39 is 13.4 Å². The molecule has 0 aliphatic heterocycles. The molecule has 0 radical (unpaired) electrons. The molecular weight excluding hydrogens is 483 g/mol. The lowest BCUT2D eigenvalue weighted by atomic mass is 9.91. The van der Waals surface area contributed by atoms with Gasteiger partial charge in [0.05, 0.1) is 11.8 Å². The van der Waals surface area contributed by atoms with Gasteiger partial charge in [0.1, 0.15) is 29.5 Å². The van der Waals surface area contributed by atoms with Gasteiger partial charge in [-0.3, -0.25) is 0 Å². The van der Waals surface area contributed by atoms with Crippen LogP contribution in [0.1, 0.15) is 57.1 Å². The summed E-state index contributed by atoms with van der Waals surface area (Å²) in [7, 11) is -2.04. The predicted octanol–water partition coefficient (Wildman–Crippen LogP) is 7.26. The van der Waals surface area contributed by atoms with Crippen molar-refractivity contribution in [3.05, 3.63) is 127 Å². The van der Waals surface area contributed by atoms with Gasteiger partial charge >= 0.3 is 0 Å². The van der Waals surface area contributed by atoms with Crippen LogP contribution in [0.25, 0.3) is 0 Å². The van der Waals surface area contributed by atoms with Gasteiger partial charge in [0.15, 0.2) is 0 Å². The van der Waals surface area contributed by atoms with Crippen molar-refractivity contribution >= 4 is 29.5 Å². The van der Waals surface area contributed by atoms with E-state index >= 15 is 0 Å². The molecule has 4 aromatic carbocycles. The maximum Gasteiger partial charge on any atom is 0.119 e. The lowest BCUT2D eigenvalue weighted by Crippen LogP contribution is -2.41. The summed E-state index contributed by atoms with van der Waals surface area (Å²) in [5.74, 6) is 0.397. The van der Waals surface area contributed by atoms with Crippen molar-refractivity contribution in [3.8, 4) is 0 Å². The molecule has 0 bridgehead atoms. The van der Waals surface area contributed by atoms with Gasteiger partial charge in [0.2, 0.25) is 0 Å². The molecule has 3 heteroatoms. The normalized spacial score (nSPS) is 13.9. The third kappa shape index (κ3) is 6.49. The number of unbranched alkanes of at least 4 members (excludes halogenated alkanes) is 2. The van der Waals surface area contributed by atoms with E-state index in [4.69, 9.17) is 0 Å². The summed E-state index contributed by atoms with van der Waals surface area (Å²) in [4.78, 5) is 11.0. The topological polar surface area (TPSA) is 37.3 Å². The minimum absolute atomic E-state index is 0.355. The first kappa shape index (κ1) is 28.0. The van der Waals surface area contributed by atoms with Gasteiger partial charge in [-0.25, -0.2) is 0 Å². The Morgan fingerprint density at radius 1 is 0.632 bits per heavy atom. The molecule has 4 aromatic rings. The van der Waals surface area contributed by atoms with Crippen LogP contribution in [0.3, 0.4) is 0 Å². The summed E-state index contributed by atoms with van der Waals surface area (Å²) < 4.78 is 0. The minimum atomic E-state index is -2.04. The molecule has 0 aromatic heterocycles. The van der Waals surface area contributed by atoms with E-state index in [1.165, 1.54) is 15.9 Å². The van der Waals surface area contributed by atoms with Gasteiger partial charge in [-0.15, -0.1) is 0 Å². The van der Waals surface area contributed by atoms with Crippen LogP contribution in [0.2, 0.25) is 0 Å². The van der Waals surface area contributed by atoms with Crippen LogP contribution in [0.5, 0.6) is 0 Å². The molecule has 0 fully saturated rings. The van der Waals surface area contributed by atoms with Crippen molar-refractivity contribution in [2.75, 3.05) is 0 Å².